The Morgan fingerprint density at radius 3 is 2.50 bits per heavy atom. The third-order valence-corrected chi connectivity index (χ3v) is 4.94. The van der Waals surface area contributed by atoms with Crippen LogP contribution in [0.1, 0.15) is 33.3 Å². The molecule has 0 saturated heterocycles. The zero-order valence-corrected chi connectivity index (χ0v) is 17.7. The second kappa shape index (κ2) is 8.43. The number of carbonyl (C=O) groups excluding carboxylic acids is 1. The molecule has 0 radical (unpaired) electrons. The zero-order chi connectivity index (χ0) is 20.4. The van der Waals surface area contributed by atoms with Gasteiger partial charge in [-0.05, 0) is 50.3 Å². The Labute approximate surface area is 177 Å². The van der Waals surface area contributed by atoms with Gasteiger partial charge < -0.3 is 9.15 Å². The average molecular weight is 440 g/mol. The molecule has 2 aromatic heterocycles. The van der Waals surface area contributed by atoms with E-state index in [1.54, 1.807) is 42.1 Å². The number of nitrogens with zero attached hydrogens (tertiary/aromatic N) is 2. The molecule has 3 aromatic rings. The summed E-state index contributed by atoms with van der Waals surface area (Å²) in [5, 5.41) is 5.32. The number of halogens is 3. The van der Waals surface area contributed by atoms with E-state index in [9.17, 15) is 4.79 Å². The molecule has 0 atom stereocenters. The minimum atomic E-state index is -0.128. The van der Waals surface area contributed by atoms with Gasteiger partial charge in [0.1, 0.15) is 18.1 Å². The standard InChI is InChI=1S/C20H17Cl3N2O3/c1-11-19(12(2)25(3)24-11)18(26)7-6-14-4-5-15(28-14)10-27-20-16(22)8-13(21)9-17(20)23/h4-9H,10H2,1-3H3/b7-6+. The largest absolute Gasteiger partial charge is 0.483 e. The maximum atomic E-state index is 12.4. The fourth-order valence-electron chi connectivity index (χ4n) is 2.74. The van der Waals surface area contributed by atoms with E-state index in [1.807, 2.05) is 13.8 Å². The molecule has 0 amide bonds. The highest BCUT2D eigenvalue weighted by Gasteiger charge is 2.15. The molecule has 0 aliphatic heterocycles. The molecule has 146 valence electrons. The molecular weight excluding hydrogens is 423 g/mol. The summed E-state index contributed by atoms with van der Waals surface area (Å²) in [4.78, 5) is 12.4. The topological polar surface area (TPSA) is 57.3 Å². The van der Waals surface area contributed by atoms with Crippen LogP contribution in [-0.4, -0.2) is 15.6 Å². The van der Waals surface area contributed by atoms with Gasteiger partial charge >= 0.3 is 0 Å². The van der Waals surface area contributed by atoms with Crippen LogP contribution in [0.25, 0.3) is 6.08 Å². The summed E-state index contributed by atoms with van der Waals surface area (Å²) in [7, 11) is 1.81. The minimum Gasteiger partial charge on any atom is -0.483 e. The van der Waals surface area contributed by atoms with E-state index in [1.165, 1.54) is 6.08 Å². The average Bonchev–Trinajstić information content (AvgIpc) is 3.16. The fraction of sp³-hybridized carbons (Fsp3) is 0.200. The molecule has 0 aliphatic rings. The van der Waals surface area contributed by atoms with Crippen molar-refractivity contribution in [3.05, 3.63) is 73.9 Å². The smallest absolute Gasteiger partial charge is 0.189 e. The number of aryl methyl sites for hydroxylation is 2. The maximum absolute atomic E-state index is 12.4. The van der Waals surface area contributed by atoms with Gasteiger partial charge in [-0.15, -0.1) is 0 Å². The Kier molecular flexibility index (Phi) is 6.18. The number of hydrogen-bond acceptors (Lipinski definition) is 4. The lowest BCUT2D eigenvalue weighted by molar-refractivity contribution is 0.104. The summed E-state index contributed by atoms with van der Waals surface area (Å²) in [6.45, 7) is 3.80. The SMILES string of the molecule is Cc1nn(C)c(C)c1C(=O)/C=C/c1ccc(COc2c(Cl)cc(Cl)cc2Cl)o1. The predicted octanol–water partition coefficient (Wildman–Crippen LogP) is 6.07. The molecule has 0 fully saturated rings. The molecule has 3 rings (SSSR count). The lowest BCUT2D eigenvalue weighted by atomic mass is 10.1. The van der Waals surface area contributed by atoms with E-state index in [0.717, 1.165) is 5.69 Å². The molecular formula is C20H17Cl3N2O3. The van der Waals surface area contributed by atoms with E-state index < -0.39 is 0 Å². The third kappa shape index (κ3) is 4.43. The molecule has 0 N–H and O–H groups in total. The van der Waals surface area contributed by atoms with Gasteiger partial charge in [-0.25, -0.2) is 0 Å². The van der Waals surface area contributed by atoms with Crippen LogP contribution < -0.4 is 4.74 Å². The third-order valence-electron chi connectivity index (χ3n) is 4.16. The number of benzene rings is 1. The fourth-order valence-corrected chi connectivity index (χ4v) is 3.67. The van der Waals surface area contributed by atoms with Crippen LogP contribution in [0.5, 0.6) is 5.75 Å². The van der Waals surface area contributed by atoms with Crippen LogP contribution in [-0.2, 0) is 13.7 Å². The van der Waals surface area contributed by atoms with Crippen molar-refractivity contribution >= 4 is 46.7 Å². The highest BCUT2D eigenvalue weighted by atomic mass is 35.5. The first-order valence-electron chi connectivity index (χ1n) is 8.35. The first kappa shape index (κ1) is 20.5. The van der Waals surface area contributed by atoms with Gasteiger partial charge in [0.2, 0.25) is 0 Å². The van der Waals surface area contributed by atoms with Crippen molar-refractivity contribution in [2.24, 2.45) is 7.05 Å². The lowest BCUT2D eigenvalue weighted by Gasteiger charge is -2.08. The summed E-state index contributed by atoms with van der Waals surface area (Å²) in [5.74, 6) is 1.29. The quantitative estimate of drug-likeness (QED) is 0.346. The van der Waals surface area contributed by atoms with Gasteiger partial charge in [-0.1, -0.05) is 34.8 Å². The zero-order valence-electron chi connectivity index (χ0n) is 15.4. The van der Waals surface area contributed by atoms with Gasteiger partial charge in [-0.3, -0.25) is 9.48 Å². The van der Waals surface area contributed by atoms with Gasteiger partial charge in [0, 0.05) is 17.8 Å². The van der Waals surface area contributed by atoms with Crippen LogP contribution in [0, 0.1) is 13.8 Å². The molecule has 0 saturated carbocycles. The maximum Gasteiger partial charge on any atom is 0.189 e. The highest BCUT2D eigenvalue weighted by molar-refractivity contribution is 6.40. The number of carbonyl (C=O) groups is 1. The second-order valence-corrected chi connectivity index (χ2v) is 7.41. The van der Waals surface area contributed by atoms with Gasteiger partial charge in [0.25, 0.3) is 0 Å². The van der Waals surface area contributed by atoms with Crippen LogP contribution in [0.4, 0.5) is 0 Å². The molecule has 5 nitrogen and oxygen atoms in total. The van der Waals surface area contributed by atoms with E-state index in [-0.39, 0.29) is 12.4 Å². The number of hydrogen-bond donors (Lipinski definition) is 0. The molecule has 8 heteroatoms. The van der Waals surface area contributed by atoms with Crippen LogP contribution >= 0.6 is 34.8 Å². The highest BCUT2D eigenvalue weighted by Crippen LogP contribution is 2.36. The van der Waals surface area contributed by atoms with E-state index in [2.05, 4.69) is 5.10 Å². The molecule has 0 bridgehead atoms. The van der Waals surface area contributed by atoms with Crippen molar-refractivity contribution in [3.63, 3.8) is 0 Å². The second-order valence-electron chi connectivity index (χ2n) is 6.16. The number of ether oxygens (including phenoxy) is 1. The molecule has 28 heavy (non-hydrogen) atoms. The number of aromatic nitrogens is 2. The van der Waals surface area contributed by atoms with E-state index in [0.29, 0.717) is 43.6 Å². The van der Waals surface area contributed by atoms with Gasteiger partial charge in [0.05, 0.1) is 21.3 Å². The summed E-state index contributed by atoms with van der Waals surface area (Å²) in [5.41, 5.74) is 2.11. The van der Waals surface area contributed by atoms with Gasteiger partial charge in [0.15, 0.2) is 11.5 Å². The first-order valence-corrected chi connectivity index (χ1v) is 9.48. The normalized spacial score (nSPS) is 11.4. The molecule has 0 unspecified atom stereocenters. The van der Waals surface area contributed by atoms with E-state index in [4.69, 9.17) is 44.0 Å². The molecule has 1 aromatic carbocycles. The summed E-state index contributed by atoms with van der Waals surface area (Å²) < 4.78 is 13.0. The predicted molar refractivity (Wildman–Crippen MR) is 111 cm³/mol. The number of allylic oxidation sites excluding steroid dienone is 1. The Balaban J connectivity index is 1.67. The molecule has 2 heterocycles. The van der Waals surface area contributed by atoms with Crippen molar-refractivity contribution in [2.75, 3.05) is 0 Å². The molecule has 0 spiro atoms. The van der Waals surface area contributed by atoms with E-state index >= 15 is 0 Å². The number of rotatable bonds is 6. The van der Waals surface area contributed by atoms with Crippen molar-refractivity contribution in [3.8, 4) is 5.75 Å². The Morgan fingerprint density at radius 2 is 1.89 bits per heavy atom. The van der Waals surface area contributed by atoms with Gasteiger partial charge in [-0.2, -0.15) is 5.10 Å². The van der Waals surface area contributed by atoms with Crippen molar-refractivity contribution < 1.29 is 13.9 Å². The lowest BCUT2D eigenvalue weighted by Crippen LogP contribution is -1.99. The Morgan fingerprint density at radius 1 is 1.21 bits per heavy atom. The number of furan rings is 1. The van der Waals surface area contributed by atoms with Crippen LogP contribution in [0.2, 0.25) is 15.1 Å². The Bertz CT molecular complexity index is 1040. The summed E-state index contributed by atoms with van der Waals surface area (Å²) in [6.07, 6.45) is 3.08. The van der Waals surface area contributed by atoms with Crippen molar-refractivity contribution in [1.82, 2.24) is 9.78 Å². The Hall–Kier alpha value is -2.21. The first-order chi connectivity index (χ1) is 13.3. The van der Waals surface area contributed by atoms with Crippen molar-refractivity contribution in [1.29, 1.82) is 0 Å². The minimum absolute atomic E-state index is 0.128. The van der Waals surface area contributed by atoms with Crippen molar-refractivity contribution in [2.45, 2.75) is 20.5 Å². The monoisotopic (exact) mass is 438 g/mol. The summed E-state index contributed by atoms with van der Waals surface area (Å²) >= 11 is 18.1. The van der Waals surface area contributed by atoms with Crippen LogP contribution in [0.3, 0.4) is 0 Å². The number of ketones is 1. The summed E-state index contributed by atoms with van der Waals surface area (Å²) in [6, 6.07) is 6.60. The molecule has 0 aliphatic carbocycles. The van der Waals surface area contributed by atoms with Crippen LogP contribution in [0.15, 0.2) is 34.8 Å².